The molecule has 0 aromatic rings. The Bertz CT molecular complexity index is 122. The summed E-state index contributed by atoms with van der Waals surface area (Å²) in [6, 6.07) is 0. The fourth-order valence-corrected chi connectivity index (χ4v) is 0.988. The molecule has 8 heavy (non-hydrogen) atoms. The zero-order valence-electron chi connectivity index (χ0n) is 3.96. The molecule has 1 rings (SSSR count). The van der Waals surface area contributed by atoms with E-state index in [-0.39, 0.29) is 0 Å². The molecule has 1 saturated carbocycles. The molecule has 1 unspecified atom stereocenters. The first-order valence-electron chi connectivity index (χ1n) is 2.12. The monoisotopic (exact) mass is 156 g/mol. The average molecular weight is 157 g/mol. The van der Waals surface area contributed by atoms with E-state index in [0.717, 1.165) is 0 Å². The van der Waals surface area contributed by atoms with Crippen molar-refractivity contribution in [2.45, 2.75) is 17.9 Å². The fourth-order valence-electron chi connectivity index (χ4n) is 0.309. The first kappa shape index (κ1) is 6.48. The highest BCUT2D eigenvalue weighted by Gasteiger charge is 2.44. The van der Waals surface area contributed by atoms with Gasteiger partial charge in [-0.05, 0) is 12.8 Å². The largest absolute Gasteiger partial charge is 0.303 e. The Morgan fingerprint density at radius 1 is 1.75 bits per heavy atom. The molecule has 1 aliphatic carbocycles. The molecule has 0 aliphatic heterocycles. The van der Waals surface area contributed by atoms with Crippen LogP contribution in [0.4, 0.5) is 0 Å². The van der Waals surface area contributed by atoms with Crippen molar-refractivity contribution in [3.63, 3.8) is 0 Å². The normalized spacial score (nSPS) is 27.2. The van der Waals surface area contributed by atoms with Crippen LogP contribution in [0.2, 0.25) is 0 Å². The topological polar surface area (TPSA) is 46.5 Å². The fraction of sp³-hybridized carbons (Fsp3) is 1.00. The molecule has 0 aromatic heterocycles. The van der Waals surface area contributed by atoms with Crippen LogP contribution < -0.4 is 0 Å². The molecule has 1 fully saturated rings. The van der Waals surface area contributed by atoms with Crippen LogP contribution in [0, 0.1) is 0 Å². The van der Waals surface area contributed by atoms with Gasteiger partial charge >= 0.3 is 11.4 Å². The zero-order chi connectivity index (χ0) is 6.20. The third kappa shape index (κ3) is 1.70. The molecule has 0 heterocycles. The summed E-state index contributed by atoms with van der Waals surface area (Å²) in [6.07, 6.45) is 1.34. The van der Waals surface area contributed by atoms with Crippen molar-refractivity contribution in [2.75, 3.05) is 0 Å². The summed E-state index contributed by atoms with van der Waals surface area (Å²) in [5, 5.41) is -0.806. The molecule has 0 saturated heterocycles. The molecule has 0 amide bonds. The zero-order valence-corrected chi connectivity index (χ0v) is 5.54. The molecule has 0 bridgehead atoms. The summed E-state index contributed by atoms with van der Waals surface area (Å²) in [7, 11) is 0. The van der Waals surface area contributed by atoms with Gasteiger partial charge in [0.15, 0.2) is 5.06 Å². The van der Waals surface area contributed by atoms with E-state index in [4.69, 9.17) is 16.2 Å². The molecule has 0 spiro atoms. The molecule has 1 N–H and O–H groups in total. The lowest BCUT2D eigenvalue weighted by Crippen LogP contribution is -2.06. The van der Waals surface area contributed by atoms with Gasteiger partial charge in [0.25, 0.3) is 0 Å². The van der Waals surface area contributed by atoms with E-state index >= 15 is 0 Å². The van der Waals surface area contributed by atoms with E-state index in [1.54, 1.807) is 0 Å². The molecule has 1 atom stereocenters. The van der Waals surface area contributed by atoms with Gasteiger partial charge in [0.1, 0.15) is 0 Å². The van der Waals surface area contributed by atoms with E-state index in [2.05, 4.69) is 4.18 Å². The van der Waals surface area contributed by atoms with Gasteiger partial charge in [-0.25, -0.2) is 4.18 Å². The minimum Gasteiger partial charge on any atom is -0.284 e. The van der Waals surface area contributed by atoms with Gasteiger partial charge in [0.05, 0.1) is 0 Å². The summed E-state index contributed by atoms with van der Waals surface area (Å²) in [5.74, 6) is 0. The number of hydrogen-bond acceptors (Lipinski definition) is 2. The van der Waals surface area contributed by atoms with Crippen molar-refractivity contribution in [1.29, 1.82) is 0 Å². The van der Waals surface area contributed by atoms with E-state index in [0.29, 0.717) is 12.8 Å². The van der Waals surface area contributed by atoms with Crippen molar-refractivity contribution < 1.29 is 12.9 Å². The Morgan fingerprint density at radius 3 is 2.38 bits per heavy atom. The smallest absolute Gasteiger partial charge is 0.284 e. The Hall–Kier alpha value is 0.360. The minimum atomic E-state index is -2.20. The van der Waals surface area contributed by atoms with Crippen molar-refractivity contribution in [1.82, 2.24) is 0 Å². The van der Waals surface area contributed by atoms with Crippen LogP contribution in [0.15, 0.2) is 0 Å². The Kier molecular flexibility index (Phi) is 1.58. The standard InChI is InChI=1S/C3H5ClO3S/c4-3(1-2-3)7-8(5)6/h1-2H2,(H,5,6). The molecule has 0 radical (unpaired) electrons. The first-order valence-corrected chi connectivity index (χ1v) is 3.53. The van der Waals surface area contributed by atoms with Crippen molar-refractivity contribution >= 4 is 23.0 Å². The first-order chi connectivity index (χ1) is 3.62. The third-order valence-corrected chi connectivity index (χ3v) is 1.87. The highest BCUT2D eigenvalue weighted by atomic mass is 35.5. The Balaban J connectivity index is 2.29. The van der Waals surface area contributed by atoms with E-state index in [1.807, 2.05) is 0 Å². The predicted molar refractivity (Wildman–Crippen MR) is 29.7 cm³/mol. The average Bonchev–Trinajstić information content (AvgIpc) is 2.17. The van der Waals surface area contributed by atoms with Crippen LogP contribution in [0.25, 0.3) is 0 Å². The van der Waals surface area contributed by atoms with Crippen molar-refractivity contribution in [2.24, 2.45) is 0 Å². The second kappa shape index (κ2) is 1.95. The van der Waals surface area contributed by atoms with Crippen LogP contribution in [0.3, 0.4) is 0 Å². The maximum atomic E-state index is 9.86. The summed E-state index contributed by atoms with van der Waals surface area (Å²) in [6.45, 7) is 0. The van der Waals surface area contributed by atoms with Crippen LogP contribution >= 0.6 is 11.6 Å². The lowest BCUT2D eigenvalue weighted by atomic mass is 10.8. The number of alkyl halides is 1. The lowest BCUT2D eigenvalue weighted by molar-refractivity contribution is 0.261. The molecule has 1 aliphatic rings. The van der Waals surface area contributed by atoms with E-state index in [1.165, 1.54) is 0 Å². The van der Waals surface area contributed by atoms with E-state index < -0.39 is 16.4 Å². The maximum Gasteiger partial charge on any atom is 0.303 e. The predicted octanol–water partition coefficient (Wildman–Crippen LogP) is 0.869. The number of halogens is 1. The highest BCUT2D eigenvalue weighted by molar-refractivity contribution is 7.74. The summed E-state index contributed by atoms with van der Waals surface area (Å²) in [4.78, 5) is 0. The second-order valence-electron chi connectivity index (χ2n) is 1.68. The van der Waals surface area contributed by atoms with Crippen molar-refractivity contribution in [3.05, 3.63) is 0 Å². The van der Waals surface area contributed by atoms with E-state index in [9.17, 15) is 4.21 Å². The second-order valence-corrected chi connectivity index (χ2v) is 2.97. The molecule has 48 valence electrons. The quantitative estimate of drug-likeness (QED) is 0.477. The molecular formula is C3H5ClO3S. The number of rotatable bonds is 2. The van der Waals surface area contributed by atoms with Gasteiger partial charge in [-0.2, -0.15) is 4.21 Å². The molecule has 3 nitrogen and oxygen atoms in total. The summed E-state index contributed by atoms with van der Waals surface area (Å²) >= 11 is 3.26. The van der Waals surface area contributed by atoms with Crippen LogP contribution in [0.5, 0.6) is 0 Å². The van der Waals surface area contributed by atoms with Crippen molar-refractivity contribution in [3.8, 4) is 0 Å². The van der Waals surface area contributed by atoms with Crippen LogP contribution in [-0.4, -0.2) is 13.8 Å². The van der Waals surface area contributed by atoms with Gasteiger partial charge in [-0.3, -0.25) is 4.55 Å². The maximum absolute atomic E-state index is 9.86. The molecule has 5 heteroatoms. The molecule has 0 aromatic carbocycles. The summed E-state index contributed by atoms with van der Waals surface area (Å²) in [5.41, 5.74) is 0. The highest BCUT2D eigenvalue weighted by Crippen LogP contribution is 2.43. The SMILES string of the molecule is O=S(O)OC1(Cl)CC1. The molecular weight excluding hydrogens is 152 g/mol. The van der Waals surface area contributed by atoms with Gasteiger partial charge in [-0.15, -0.1) is 0 Å². The Labute approximate surface area is 54.5 Å². The lowest BCUT2D eigenvalue weighted by Gasteiger charge is -1.99. The van der Waals surface area contributed by atoms with Gasteiger partial charge < -0.3 is 0 Å². The minimum absolute atomic E-state index is 0.668. The van der Waals surface area contributed by atoms with Gasteiger partial charge in [-0.1, -0.05) is 11.6 Å². The summed E-state index contributed by atoms with van der Waals surface area (Å²) < 4.78 is 22.3. The van der Waals surface area contributed by atoms with Crippen LogP contribution in [0.1, 0.15) is 12.8 Å². The Morgan fingerprint density at radius 2 is 2.25 bits per heavy atom. The third-order valence-electron chi connectivity index (χ3n) is 0.864. The van der Waals surface area contributed by atoms with Crippen LogP contribution in [-0.2, 0) is 15.5 Å². The van der Waals surface area contributed by atoms with Gasteiger partial charge in [0.2, 0.25) is 0 Å². The number of hydrogen-bond donors (Lipinski definition) is 1. The van der Waals surface area contributed by atoms with Gasteiger partial charge in [0, 0.05) is 0 Å².